The van der Waals surface area contributed by atoms with Crippen molar-refractivity contribution in [2.24, 2.45) is 0 Å². The van der Waals surface area contributed by atoms with E-state index in [2.05, 4.69) is 26.6 Å². The highest BCUT2D eigenvalue weighted by atomic mass is 79.9. The monoisotopic (exact) mass is 336 g/mol. The minimum atomic E-state index is -1.13. The molecule has 1 heterocycles. The zero-order valence-corrected chi connectivity index (χ0v) is 12.0. The number of halogens is 1. The lowest BCUT2D eigenvalue weighted by Gasteiger charge is -2.13. The third-order valence-electron chi connectivity index (χ3n) is 2.04. The molecular formula is C10H13BrN2O4S. The van der Waals surface area contributed by atoms with Crippen molar-refractivity contribution in [1.29, 1.82) is 0 Å². The summed E-state index contributed by atoms with van der Waals surface area (Å²) in [5.41, 5.74) is 0. The normalized spacial score (nSPS) is 11.9. The smallest absolute Gasteiger partial charge is 0.328 e. The number of urea groups is 1. The summed E-state index contributed by atoms with van der Waals surface area (Å²) in [4.78, 5) is 23.2. The van der Waals surface area contributed by atoms with E-state index in [4.69, 9.17) is 9.84 Å². The van der Waals surface area contributed by atoms with E-state index in [0.717, 1.165) is 9.35 Å². The first kappa shape index (κ1) is 14.9. The summed E-state index contributed by atoms with van der Waals surface area (Å²) in [5, 5.41) is 15.6. The minimum absolute atomic E-state index is 0.0779. The first-order valence-corrected chi connectivity index (χ1v) is 6.69. The van der Waals surface area contributed by atoms with E-state index >= 15 is 0 Å². The van der Waals surface area contributed by atoms with E-state index in [0.29, 0.717) is 6.54 Å². The number of carbonyl (C=O) groups is 2. The van der Waals surface area contributed by atoms with Crippen LogP contribution in [0.25, 0.3) is 0 Å². The van der Waals surface area contributed by atoms with Crippen molar-refractivity contribution >= 4 is 39.3 Å². The summed E-state index contributed by atoms with van der Waals surface area (Å²) in [6.45, 7) is 0.259. The van der Waals surface area contributed by atoms with Crippen LogP contribution in [-0.2, 0) is 16.1 Å². The van der Waals surface area contributed by atoms with Crippen LogP contribution in [0.15, 0.2) is 15.9 Å². The first-order chi connectivity index (χ1) is 8.54. The standard InChI is InChI=1S/C10H13BrN2O4S/c1-17-5-7(9(14)15)13-10(16)12-4-8-6(11)2-3-18-8/h2-3,7H,4-5H2,1H3,(H,14,15)(H2,12,13,16). The van der Waals surface area contributed by atoms with Crippen molar-refractivity contribution < 1.29 is 19.4 Å². The van der Waals surface area contributed by atoms with E-state index in [9.17, 15) is 9.59 Å². The molecule has 0 saturated heterocycles. The van der Waals surface area contributed by atoms with Crippen LogP contribution in [0.3, 0.4) is 0 Å². The van der Waals surface area contributed by atoms with Crippen molar-refractivity contribution in [3.63, 3.8) is 0 Å². The van der Waals surface area contributed by atoms with Gasteiger partial charge in [0.05, 0.1) is 13.2 Å². The predicted molar refractivity (Wildman–Crippen MR) is 70.7 cm³/mol. The van der Waals surface area contributed by atoms with Gasteiger partial charge in [0.15, 0.2) is 6.04 Å². The number of carboxylic acid groups (broad SMARTS) is 1. The lowest BCUT2D eigenvalue weighted by atomic mass is 10.3. The van der Waals surface area contributed by atoms with Gasteiger partial charge in [0.1, 0.15) is 0 Å². The summed E-state index contributed by atoms with van der Waals surface area (Å²) >= 11 is 4.84. The Morgan fingerprint density at radius 3 is 2.83 bits per heavy atom. The third-order valence-corrected chi connectivity index (χ3v) is 3.96. The molecule has 1 rings (SSSR count). The second kappa shape index (κ2) is 7.34. The second-order valence-electron chi connectivity index (χ2n) is 3.36. The van der Waals surface area contributed by atoms with E-state index in [1.807, 2.05) is 11.4 Å². The van der Waals surface area contributed by atoms with Gasteiger partial charge in [-0.25, -0.2) is 9.59 Å². The molecule has 2 amide bonds. The average Bonchev–Trinajstić information content (AvgIpc) is 2.71. The quantitative estimate of drug-likeness (QED) is 0.732. The van der Waals surface area contributed by atoms with Gasteiger partial charge < -0.3 is 20.5 Å². The summed E-state index contributed by atoms with van der Waals surface area (Å²) in [5.74, 6) is -1.13. The molecule has 1 aromatic rings. The van der Waals surface area contributed by atoms with Crippen LogP contribution in [0.5, 0.6) is 0 Å². The van der Waals surface area contributed by atoms with Gasteiger partial charge in [-0.2, -0.15) is 0 Å². The Hall–Kier alpha value is -1.12. The molecule has 100 valence electrons. The van der Waals surface area contributed by atoms with Crippen molar-refractivity contribution in [3.05, 3.63) is 20.8 Å². The number of nitrogens with one attached hydrogen (secondary N) is 2. The summed E-state index contributed by atoms with van der Waals surface area (Å²) in [6, 6.07) is 0.284. The SMILES string of the molecule is COCC(NC(=O)NCc1sccc1Br)C(=O)O. The highest BCUT2D eigenvalue weighted by Gasteiger charge is 2.19. The van der Waals surface area contributed by atoms with Gasteiger partial charge in [-0.15, -0.1) is 11.3 Å². The fraction of sp³-hybridized carbons (Fsp3) is 0.400. The number of thiophene rings is 1. The topological polar surface area (TPSA) is 87.7 Å². The molecule has 0 bridgehead atoms. The molecule has 0 radical (unpaired) electrons. The Balaban J connectivity index is 2.41. The number of amides is 2. The van der Waals surface area contributed by atoms with Crippen molar-refractivity contribution in [1.82, 2.24) is 10.6 Å². The van der Waals surface area contributed by atoms with E-state index in [1.54, 1.807) is 0 Å². The average molecular weight is 337 g/mol. The predicted octanol–water partition coefficient (Wildman–Crippen LogP) is 1.41. The van der Waals surface area contributed by atoms with Gasteiger partial charge in [-0.05, 0) is 27.4 Å². The molecule has 3 N–H and O–H groups in total. The Bertz CT molecular complexity index is 424. The van der Waals surface area contributed by atoms with Crippen LogP contribution in [0.4, 0.5) is 4.79 Å². The molecule has 6 nitrogen and oxygen atoms in total. The van der Waals surface area contributed by atoms with Gasteiger partial charge in [0.25, 0.3) is 0 Å². The highest BCUT2D eigenvalue weighted by molar-refractivity contribution is 9.10. The molecule has 0 saturated carbocycles. The van der Waals surface area contributed by atoms with Crippen molar-refractivity contribution in [2.45, 2.75) is 12.6 Å². The Morgan fingerprint density at radius 1 is 1.61 bits per heavy atom. The number of methoxy groups -OCH3 is 1. The largest absolute Gasteiger partial charge is 0.480 e. The number of ether oxygens (including phenoxy) is 1. The molecule has 0 aromatic carbocycles. The third kappa shape index (κ3) is 4.63. The molecule has 0 aliphatic carbocycles. The molecule has 18 heavy (non-hydrogen) atoms. The molecule has 0 aliphatic rings. The molecular weight excluding hydrogens is 324 g/mol. The summed E-state index contributed by atoms with van der Waals surface area (Å²) in [6.07, 6.45) is 0. The summed E-state index contributed by atoms with van der Waals surface area (Å²) in [7, 11) is 1.37. The number of hydrogen-bond acceptors (Lipinski definition) is 4. The first-order valence-electron chi connectivity index (χ1n) is 5.02. The number of aliphatic carboxylic acids is 1. The lowest BCUT2D eigenvalue weighted by Crippen LogP contribution is -2.47. The molecule has 0 fully saturated rings. The Kier molecular flexibility index (Phi) is 6.10. The van der Waals surface area contributed by atoms with E-state index < -0.39 is 18.0 Å². The van der Waals surface area contributed by atoms with Crippen LogP contribution in [0.2, 0.25) is 0 Å². The maximum absolute atomic E-state index is 11.5. The molecule has 1 atom stereocenters. The number of rotatable bonds is 6. The molecule has 1 aromatic heterocycles. The Labute approximate surface area is 116 Å². The molecule has 0 spiro atoms. The fourth-order valence-electron chi connectivity index (χ4n) is 1.16. The molecule has 0 aliphatic heterocycles. The zero-order valence-electron chi connectivity index (χ0n) is 9.60. The van der Waals surface area contributed by atoms with Crippen LogP contribution >= 0.6 is 27.3 Å². The van der Waals surface area contributed by atoms with Crippen LogP contribution < -0.4 is 10.6 Å². The van der Waals surface area contributed by atoms with Crippen LogP contribution in [-0.4, -0.2) is 36.9 Å². The van der Waals surface area contributed by atoms with Gasteiger partial charge in [-0.3, -0.25) is 0 Å². The van der Waals surface area contributed by atoms with Crippen molar-refractivity contribution in [3.8, 4) is 0 Å². The summed E-state index contributed by atoms with van der Waals surface area (Å²) < 4.78 is 5.62. The number of hydrogen-bond donors (Lipinski definition) is 3. The highest BCUT2D eigenvalue weighted by Crippen LogP contribution is 2.21. The van der Waals surface area contributed by atoms with Gasteiger partial charge in [-0.1, -0.05) is 0 Å². The van der Waals surface area contributed by atoms with Gasteiger partial charge >= 0.3 is 12.0 Å². The van der Waals surface area contributed by atoms with Gasteiger partial charge in [0, 0.05) is 16.5 Å². The lowest BCUT2D eigenvalue weighted by molar-refractivity contribution is -0.140. The minimum Gasteiger partial charge on any atom is -0.480 e. The Morgan fingerprint density at radius 2 is 2.33 bits per heavy atom. The van der Waals surface area contributed by atoms with Gasteiger partial charge in [0.2, 0.25) is 0 Å². The number of carboxylic acids is 1. The fourth-order valence-corrected chi connectivity index (χ4v) is 2.59. The van der Waals surface area contributed by atoms with E-state index in [1.165, 1.54) is 18.4 Å². The molecule has 8 heteroatoms. The van der Waals surface area contributed by atoms with Crippen LogP contribution in [0.1, 0.15) is 4.88 Å². The number of carbonyl (C=O) groups excluding carboxylic acids is 1. The zero-order chi connectivity index (χ0) is 13.5. The maximum Gasteiger partial charge on any atom is 0.328 e. The maximum atomic E-state index is 11.5. The van der Waals surface area contributed by atoms with Crippen molar-refractivity contribution in [2.75, 3.05) is 13.7 Å². The van der Waals surface area contributed by atoms with E-state index in [-0.39, 0.29) is 6.61 Å². The van der Waals surface area contributed by atoms with Crippen LogP contribution in [0, 0.1) is 0 Å². The second-order valence-corrected chi connectivity index (χ2v) is 5.22. The molecule has 1 unspecified atom stereocenters.